The van der Waals surface area contributed by atoms with Crippen molar-refractivity contribution in [2.75, 3.05) is 0 Å². The summed E-state index contributed by atoms with van der Waals surface area (Å²) in [5.41, 5.74) is 2.61. The summed E-state index contributed by atoms with van der Waals surface area (Å²) in [5, 5.41) is 0. The normalized spacial score (nSPS) is 22.0. The van der Waals surface area contributed by atoms with E-state index in [0.717, 1.165) is 11.1 Å². The van der Waals surface area contributed by atoms with Crippen LogP contribution in [0.1, 0.15) is 5.56 Å². The maximum atomic E-state index is 5.85. The molecule has 0 saturated carbocycles. The van der Waals surface area contributed by atoms with E-state index in [1.165, 1.54) is 5.57 Å². The predicted octanol–water partition coefficient (Wildman–Crippen LogP) is 4.01. The molecule has 0 spiro atoms. The van der Waals surface area contributed by atoms with Crippen LogP contribution in [0.25, 0.3) is 5.57 Å². The van der Waals surface area contributed by atoms with E-state index in [4.69, 9.17) is 12.8 Å². The summed E-state index contributed by atoms with van der Waals surface area (Å²) >= 11 is 0. The highest BCUT2D eigenvalue weighted by atomic mass is 14.4. The topological polar surface area (TPSA) is 0 Å². The minimum absolute atomic E-state index is 0.0442. The van der Waals surface area contributed by atoms with Crippen molar-refractivity contribution in [3.63, 3.8) is 0 Å². The van der Waals surface area contributed by atoms with Gasteiger partial charge in [-0.25, -0.2) is 0 Å². The third-order valence-corrected chi connectivity index (χ3v) is 3.92. The van der Waals surface area contributed by atoms with Gasteiger partial charge in [-0.2, -0.15) is 0 Å². The predicted molar refractivity (Wildman–Crippen MR) is 84.4 cm³/mol. The van der Waals surface area contributed by atoms with Crippen LogP contribution in [-0.4, -0.2) is 0 Å². The second kappa shape index (κ2) is 4.76. The minimum atomic E-state index is -0.699. The molecule has 1 aromatic rings. The molecule has 0 heteroatoms. The second-order valence-corrected chi connectivity index (χ2v) is 4.93. The summed E-state index contributed by atoms with van der Waals surface area (Å²) in [6.07, 6.45) is 24.1. The molecule has 0 fully saturated rings. The van der Waals surface area contributed by atoms with Gasteiger partial charge >= 0.3 is 0 Å². The summed E-state index contributed by atoms with van der Waals surface area (Å²) in [6, 6.07) is 10.1. The van der Waals surface area contributed by atoms with E-state index in [1.54, 1.807) is 0 Å². The summed E-state index contributed by atoms with van der Waals surface area (Å²) in [6.45, 7) is 0. The third-order valence-electron chi connectivity index (χ3n) is 3.92. The molecule has 1 unspecified atom stereocenters. The Labute approximate surface area is 120 Å². The van der Waals surface area contributed by atoms with Crippen LogP contribution < -0.4 is 0 Å². The molecule has 0 nitrogen and oxygen atoms in total. The van der Waals surface area contributed by atoms with E-state index in [0.29, 0.717) is 0 Å². The lowest BCUT2D eigenvalue weighted by Crippen LogP contribution is -2.24. The number of hydrogen-bond acceptors (Lipinski definition) is 0. The molecule has 20 heavy (non-hydrogen) atoms. The Kier molecular flexibility index (Phi) is 2.94. The summed E-state index contributed by atoms with van der Waals surface area (Å²) in [5.74, 6) is 5.80. The molecule has 0 aliphatic heterocycles. The zero-order valence-electron chi connectivity index (χ0n) is 11.1. The molecule has 0 amide bonds. The molecule has 0 bridgehead atoms. The number of benzene rings is 1. The van der Waals surface area contributed by atoms with Crippen molar-refractivity contribution in [2.24, 2.45) is 11.3 Å². The van der Waals surface area contributed by atoms with Gasteiger partial charge in [-0.05, 0) is 16.7 Å². The van der Waals surface area contributed by atoms with Gasteiger partial charge < -0.3 is 0 Å². The zero-order chi connectivity index (χ0) is 14.0. The van der Waals surface area contributed by atoms with Gasteiger partial charge in [-0.15, -0.1) is 12.8 Å². The standard InChI is InChI=1S/C20H14/c1-3-20(4-2)18-14-10-6-9-13-17(18)15-19(20)16-11-7-5-8-12-16/h1-2,5-15,18H. The van der Waals surface area contributed by atoms with Crippen LogP contribution in [0.5, 0.6) is 0 Å². The highest BCUT2D eigenvalue weighted by Gasteiger charge is 2.44. The summed E-state index contributed by atoms with van der Waals surface area (Å²) < 4.78 is 0. The fraction of sp³-hybridized carbons (Fsp3) is 0.100. The SMILES string of the molecule is C#CC1(C#C)C(c2ccccc2)=CC2=CC=CC=CC21. The van der Waals surface area contributed by atoms with Crippen molar-refractivity contribution in [3.8, 4) is 24.7 Å². The molecular weight excluding hydrogens is 240 g/mol. The molecule has 2 aliphatic carbocycles. The molecule has 94 valence electrons. The largest absolute Gasteiger partial charge is 0.127 e. The molecule has 0 heterocycles. The van der Waals surface area contributed by atoms with E-state index in [2.05, 4.69) is 42.2 Å². The third kappa shape index (κ3) is 1.67. The van der Waals surface area contributed by atoms with Crippen molar-refractivity contribution in [3.05, 3.63) is 77.9 Å². The molecule has 1 aromatic carbocycles. The average molecular weight is 254 g/mol. The highest BCUT2D eigenvalue weighted by Crippen LogP contribution is 2.51. The first-order valence-corrected chi connectivity index (χ1v) is 6.60. The molecule has 0 aromatic heterocycles. The number of terminal acetylenes is 2. The molecule has 3 rings (SSSR count). The maximum absolute atomic E-state index is 5.85. The summed E-state index contributed by atoms with van der Waals surface area (Å²) in [4.78, 5) is 0. The average Bonchev–Trinajstić information content (AvgIpc) is 2.64. The van der Waals surface area contributed by atoms with Gasteiger partial charge in [0.1, 0.15) is 5.41 Å². The van der Waals surface area contributed by atoms with Crippen LogP contribution in [0.15, 0.2) is 72.4 Å². The zero-order valence-corrected chi connectivity index (χ0v) is 11.1. The Morgan fingerprint density at radius 3 is 2.40 bits per heavy atom. The van der Waals surface area contributed by atoms with E-state index in [9.17, 15) is 0 Å². The van der Waals surface area contributed by atoms with Crippen LogP contribution >= 0.6 is 0 Å². The van der Waals surface area contributed by atoms with Gasteiger partial charge in [0.15, 0.2) is 0 Å². The fourth-order valence-electron chi connectivity index (χ4n) is 2.91. The van der Waals surface area contributed by atoms with Gasteiger partial charge in [0.05, 0.1) is 0 Å². The van der Waals surface area contributed by atoms with Gasteiger partial charge in [0, 0.05) is 5.92 Å². The first-order valence-electron chi connectivity index (χ1n) is 6.60. The number of fused-ring (bicyclic) bond motifs is 1. The number of allylic oxidation sites excluding steroid dienone is 8. The monoisotopic (exact) mass is 254 g/mol. The van der Waals surface area contributed by atoms with Crippen molar-refractivity contribution in [1.82, 2.24) is 0 Å². The van der Waals surface area contributed by atoms with Crippen molar-refractivity contribution in [2.45, 2.75) is 0 Å². The van der Waals surface area contributed by atoms with Crippen LogP contribution in [0, 0.1) is 36.0 Å². The number of rotatable bonds is 1. The second-order valence-electron chi connectivity index (χ2n) is 4.93. The van der Waals surface area contributed by atoms with Crippen LogP contribution in [0.4, 0.5) is 0 Å². The summed E-state index contributed by atoms with van der Waals surface area (Å²) in [7, 11) is 0. The van der Waals surface area contributed by atoms with Crippen LogP contribution in [-0.2, 0) is 0 Å². The Balaban J connectivity index is 2.23. The van der Waals surface area contributed by atoms with Gasteiger partial charge in [0.25, 0.3) is 0 Å². The lowest BCUT2D eigenvalue weighted by Gasteiger charge is -2.27. The first-order chi connectivity index (χ1) is 9.81. The molecule has 2 aliphatic rings. The van der Waals surface area contributed by atoms with Crippen LogP contribution in [0.2, 0.25) is 0 Å². The van der Waals surface area contributed by atoms with Crippen molar-refractivity contribution < 1.29 is 0 Å². The molecule has 0 N–H and O–H groups in total. The molecule has 0 saturated heterocycles. The van der Waals surface area contributed by atoms with Crippen LogP contribution in [0.3, 0.4) is 0 Å². The van der Waals surface area contributed by atoms with Crippen molar-refractivity contribution >= 4 is 5.57 Å². The van der Waals surface area contributed by atoms with Gasteiger partial charge in [-0.1, -0.05) is 78.6 Å². The Bertz CT molecular complexity index is 710. The fourth-order valence-corrected chi connectivity index (χ4v) is 2.91. The Morgan fingerprint density at radius 2 is 1.70 bits per heavy atom. The molecular formula is C20H14. The highest BCUT2D eigenvalue weighted by molar-refractivity contribution is 5.84. The van der Waals surface area contributed by atoms with Gasteiger partial charge in [-0.3, -0.25) is 0 Å². The quantitative estimate of drug-likeness (QED) is 0.664. The van der Waals surface area contributed by atoms with E-state index in [-0.39, 0.29) is 5.92 Å². The Hall–Kier alpha value is -2.70. The molecule has 1 atom stereocenters. The van der Waals surface area contributed by atoms with E-state index >= 15 is 0 Å². The lowest BCUT2D eigenvalue weighted by molar-refractivity contribution is 0.595. The maximum Gasteiger partial charge on any atom is 0.127 e. The van der Waals surface area contributed by atoms with Gasteiger partial charge in [0.2, 0.25) is 0 Å². The Morgan fingerprint density at radius 1 is 0.950 bits per heavy atom. The number of hydrogen-bond donors (Lipinski definition) is 0. The van der Waals surface area contributed by atoms with E-state index in [1.807, 2.05) is 36.4 Å². The smallest absolute Gasteiger partial charge is 0.118 e. The minimum Gasteiger partial charge on any atom is -0.118 e. The first kappa shape index (κ1) is 12.3. The lowest BCUT2D eigenvalue weighted by atomic mass is 9.72. The molecule has 0 radical (unpaired) electrons. The van der Waals surface area contributed by atoms with E-state index < -0.39 is 5.41 Å². The van der Waals surface area contributed by atoms with Crippen molar-refractivity contribution in [1.29, 1.82) is 0 Å².